The van der Waals surface area contributed by atoms with Crippen molar-refractivity contribution in [1.82, 2.24) is 5.32 Å². The van der Waals surface area contributed by atoms with Crippen molar-refractivity contribution in [2.24, 2.45) is 5.92 Å². The largest absolute Gasteiger partial charge is 0.493 e. The second-order valence-electron chi connectivity index (χ2n) is 4.57. The summed E-state index contributed by atoms with van der Waals surface area (Å²) in [6, 6.07) is 6.45. The van der Waals surface area contributed by atoms with Crippen LogP contribution in [0.5, 0.6) is 5.75 Å². The van der Waals surface area contributed by atoms with Crippen molar-refractivity contribution in [2.75, 3.05) is 13.2 Å². The van der Waals surface area contributed by atoms with Crippen molar-refractivity contribution in [2.45, 2.75) is 25.8 Å². The van der Waals surface area contributed by atoms with Crippen LogP contribution in [-0.4, -0.2) is 13.2 Å². The first kappa shape index (κ1) is 9.22. The summed E-state index contributed by atoms with van der Waals surface area (Å²) >= 11 is 0. The summed E-state index contributed by atoms with van der Waals surface area (Å²) in [6.07, 6.45) is 3.84. The molecule has 0 atom stereocenters. The van der Waals surface area contributed by atoms with Gasteiger partial charge in [0.2, 0.25) is 0 Å². The maximum absolute atomic E-state index is 5.89. The number of hydrogen-bond donors (Lipinski definition) is 1. The average molecular weight is 203 g/mol. The third kappa shape index (κ3) is 2.00. The van der Waals surface area contributed by atoms with Crippen LogP contribution >= 0.6 is 0 Å². The molecule has 0 unspecified atom stereocenters. The van der Waals surface area contributed by atoms with Crippen molar-refractivity contribution in [3.05, 3.63) is 29.3 Å². The molecule has 0 spiro atoms. The summed E-state index contributed by atoms with van der Waals surface area (Å²) in [5.74, 6) is 1.93. The van der Waals surface area contributed by atoms with Gasteiger partial charge in [0.1, 0.15) is 5.75 Å². The van der Waals surface area contributed by atoms with Gasteiger partial charge >= 0.3 is 0 Å². The first-order valence-corrected chi connectivity index (χ1v) is 5.88. The molecular weight excluding hydrogens is 186 g/mol. The minimum absolute atomic E-state index is 0.831. The highest BCUT2D eigenvalue weighted by Gasteiger charge is 2.22. The molecule has 1 fully saturated rings. The van der Waals surface area contributed by atoms with E-state index in [1.54, 1.807) is 0 Å². The number of ether oxygens (including phenoxy) is 1. The molecule has 0 aromatic heterocycles. The van der Waals surface area contributed by atoms with Gasteiger partial charge in [-0.05, 0) is 43.4 Å². The van der Waals surface area contributed by atoms with E-state index in [1.807, 2.05) is 0 Å². The molecule has 2 heteroatoms. The Labute approximate surface area is 90.6 Å². The maximum Gasteiger partial charge on any atom is 0.124 e. The van der Waals surface area contributed by atoms with E-state index in [9.17, 15) is 0 Å². The zero-order valence-corrected chi connectivity index (χ0v) is 8.96. The van der Waals surface area contributed by atoms with Gasteiger partial charge < -0.3 is 10.1 Å². The van der Waals surface area contributed by atoms with E-state index in [-0.39, 0.29) is 0 Å². The number of benzene rings is 1. The normalized spacial score (nSPS) is 19.7. The maximum atomic E-state index is 5.89. The van der Waals surface area contributed by atoms with Crippen LogP contribution < -0.4 is 10.1 Å². The Hall–Kier alpha value is -1.02. The molecule has 0 radical (unpaired) electrons. The van der Waals surface area contributed by atoms with Gasteiger partial charge in [-0.1, -0.05) is 12.1 Å². The lowest BCUT2D eigenvalue weighted by Gasteiger charge is -2.20. The molecule has 0 bridgehead atoms. The fourth-order valence-electron chi connectivity index (χ4n) is 2.11. The molecule has 15 heavy (non-hydrogen) atoms. The van der Waals surface area contributed by atoms with E-state index < -0.39 is 0 Å². The molecule has 0 saturated heterocycles. The standard InChI is InChI=1S/C13H17NO/c1-2-11-6-7-14-8-12(11)13(3-1)15-9-10-4-5-10/h1-3,10,14H,4-9H2. The predicted molar refractivity (Wildman–Crippen MR) is 60.1 cm³/mol. The molecule has 2 aliphatic rings. The molecular formula is C13H17NO. The summed E-state index contributed by atoms with van der Waals surface area (Å²) in [4.78, 5) is 0. The molecule has 2 nitrogen and oxygen atoms in total. The zero-order valence-electron chi connectivity index (χ0n) is 8.96. The van der Waals surface area contributed by atoms with Gasteiger partial charge in [0.25, 0.3) is 0 Å². The van der Waals surface area contributed by atoms with Gasteiger partial charge in [-0.3, -0.25) is 0 Å². The molecule has 80 valence electrons. The second kappa shape index (κ2) is 3.86. The lowest BCUT2D eigenvalue weighted by atomic mass is 10.0. The summed E-state index contributed by atoms with van der Waals surface area (Å²) in [5.41, 5.74) is 2.84. The lowest BCUT2D eigenvalue weighted by Crippen LogP contribution is -2.24. The third-order valence-corrected chi connectivity index (χ3v) is 3.27. The van der Waals surface area contributed by atoms with Crippen LogP contribution in [0.25, 0.3) is 0 Å². The Morgan fingerprint density at radius 2 is 2.27 bits per heavy atom. The van der Waals surface area contributed by atoms with Crippen molar-refractivity contribution in [3.63, 3.8) is 0 Å². The van der Waals surface area contributed by atoms with Crippen molar-refractivity contribution in [3.8, 4) is 5.75 Å². The molecule has 1 saturated carbocycles. The van der Waals surface area contributed by atoms with E-state index >= 15 is 0 Å². The first-order chi connectivity index (χ1) is 7.43. The van der Waals surface area contributed by atoms with Crippen molar-refractivity contribution >= 4 is 0 Å². The van der Waals surface area contributed by atoms with Crippen molar-refractivity contribution in [1.29, 1.82) is 0 Å². The number of fused-ring (bicyclic) bond motifs is 1. The number of hydrogen-bond acceptors (Lipinski definition) is 2. The van der Waals surface area contributed by atoms with E-state index in [4.69, 9.17) is 4.74 Å². The predicted octanol–water partition coefficient (Wildman–Crippen LogP) is 2.12. The lowest BCUT2D eigenvalue weighted by molar-refractivity contribution is 0.295. The van der Waals surface area contributed by atoms with Crippen LogP contribution in [-0.2, 0) is 13.0 Å². The molecule has 3 rings (SSSR count). The Bertz CT molecular complexity index is 358. The summed E-state index contributed by atoms with van der Waals surface area (Å²) in [6.45, 7) is 2.98. The van der Waals surface area contributed by atoms with E-state index in [0.717, 1.165) is 37.8 Å². The van der Waals surface area contributed by atoms with Crippen molar-refractivity contribution < 1.29 is 4.74 Å². The van der Waals surface area contributed by atoms with Gasteiger partial charge in [0.05, 0.1) is 6.61 Å². The Kier molecular flexibility index (Phi) is 2.37. The minimum atomic E-state index is 0.831. The summed E-state index contributed by atoms with van der Waals surface area (Å²) in [5, 5.41) is 3.40. The highest BCUT2D eigenvalue weighted by atomic mass is 16.5. The third-order valence-electron chi connectivity index (χ3n) is 3.27. The van der Waals surface area contributed by atoms with Crippen LogP contribution in [0.15, 0.2) is 18.2 Å². The monoisotopic (exact) mass is 203 g/mol. The smallest absolute Gasteiger partial charge is 0.124 e. The highest BCUT2D eigenvalue weighted by molar-refractivity contribution is 5.41. The van der Waals surface area contributed by atoms with Gasteiger partial charge in [-0.15, -0.1) is 0 Å². The van der Waals surface area contributed by atoms with E-state index in [2.05, 4.69) is 23.5 Å². The Morgan fingerprint density at radius 1 is 1.33 bits per heavy atom. The fourth-order valence-corrected chi connectivity index (χ4v) is 2.11. The second-order valence-corrected chi connectivity index (χ2v) is 4.57. The number of rotatable bonds is 3. The van der Waals surface area contributed by atoms with Gasteiger partial charge in [0, 0.05) is 12.1 Å². The molecule has 1 aliphatic heterocycles. The minimum Gasteiger partial charge on any atom is -0.493 e. The molecule has 1 N–H and O–H groups in total. The molecule has 0 amide bonds. The van der Waals surface area contributed by atoms with Crippen LogP contribution in [0.2, 0.25) is 0 Å². The number of nitrogens with one attached hydrogen (secondary N) is 1. The van der Waals surface area contributed by atoms with E-state index in [1.165, 1.54) is 24.0 Å². The van der Waals surface area contributed by atoms with Crippen LogP contribution in [0.1, 0.15) is 24.0 Å². The quantitative estimate of drug-likeness (QED) is 0.812. The summed E-state index contributed by atoms with van der Waals surface area (Å²) in [7, 11) is 0. The molecule has 1 aliphatic carbocycles. The topological polar surface area (TPSA) is 21.3 Å². The molecule has 1 heterocycles. The highest BCUT2D eigenvalue weighted by Crippen LogP contribution is 2.31. The van der Waals surface area contributed by atoms with E-state index in [0.29, 0.717) is 0 Å². The van der Waals surface area contributed by atoms with Gasteiger partial charge in [-0.25, -0.2) is 0 Å². The van der Waals surface area contributed by atoms with Crippen LogP contribution in [0, 0.1) is 5.92 Å². The zero-order chi connectivity index (χ0) is 10.1. The Morgan fingerprint density at radius 3 is 3.13 bits per heavy atom. The summed E-state index contributed by atoms with van der Waals surface area (Å²) < 4.78 is 5.89. The van der Waals surface area contributed by atoms with Crippen LogP contribution in [0.3, 0.4) is 0 Å². The Balaban J connectivity index is 1.79. The fraction of sp³-hybridized carbons (Fsp3) is 0.538. The van der Waals surface area contributed by atoms with Crippen LogP contribution in [0.4, 0.5) is 0 Å². The molecule has 1 aromatic rings. The first-order valence-electron chi connectivity index (χ1n) is 5.88. The SMILES string of the molecule is c1cc2c(c(OCC3CC3)c1)CNCC2. The van der Waals surface area contributed by atoms with Gasteiger partial charge in [-0.2, -0.15) is 0 Å². The average Bonchev–Trinajstić information content (AvgIpc) is 3.10. The molecule has 1 aromatic carbocycles. The van der Waals surface area contributed by atoms with Gasteiger partial charge in [0.15, 0.2) is 0 Å².